The van der Waals surface area contributed by atoms with Gasteiger partial charge in [-0.25, -0.2) is 0 Å². The van der Waals surface area contributed by atoms with Crippen LogP contribution >= 0.6 is 11.3 Å². The lowest BCUT2D eigenvalue weighted by Gasteiger charge is -2.40. The van der Waals surface area contributed by atoms with Crippen LogP contribution in [0.5, 0.6) is 0 Å². The maximum Gasteiger partial charge on any atom is 0.0333 e. The van der Waals surface area contributed by atoms with E-state index in [1.54, 1.807) is 10.4 Å². The molecule has 0 radical (unpaired) electrons. The molecule has 0 amide bonds. The Morgan fingerprint density at radius 3 is 2.75 bits per heavy atom. The second-order valence-electron chi connectivity index (χ2n) is 6.73. The monoisotopic (exact) mass is 294 g/mol. The number of nitrogens with zero attached hydrogens (tertiary/aromatic N) is 1. The van der Waals surface area contributed by atoms with Gasteiger partial charge in [-0.3, -0.25) is 4.90 Å². The van der Waals surface area contributed by atoms with Crippen LogP contribution in [0.4, 0.5) is 0 Å². The molecule has 3 unspecified atom stereocenters. The van der Waals surface area contributed by atoms with Crippen molar-refractivity contribution in [2.45, 2.75) is 53.1 Å². The second kappa shape index (κ2) is 7.06. The third kappa shape index (κ3) is 3.63. The predicted octanol–water partition coefficient (Wildman–Crippen LogP) is 3.94. The summed E-state index contributed by atoms with van der Waals surface area (Å²) < 4.78 is 0. The first kappa shape index (κ1) is 16.0. The average molecular weight is 295 g/mol. The Balaban J connectivity index is 1.91. The Morgan fingerprint density at radius 1 is 1.30 bits per heavy atom. The summed E-state index contributed by atoms with van der Waals surface area (Å²) in [5.41, 5.74) is 1.57. The summed E-state index contributed by atoms with van der Waals surface area (Å²) >= 11 is 1.93. The Labute approximate surface area is 128 Å². The molecule has 1 aliphatic heterocycles. The highest BCUT2D eigenvalue weighted by atomic mass is 32.1. The van der Waals surface area contributed by atoms with E-state index in [4.69, 9.17) is 0 Å². The zero-order valence-corrected chi connectivity index (χ0v) is 14.5. The molecule has 0 spiro atoms. The highest BCUT2D eigenvalue weighted by Crippen LogP contribution is 2.35. The largest absolute Gasteiger partial charge is 0.316 e. The van der Waals surface area contributed by atoms with Gasteiger partial charge in [-0.15, -0.1) is 11.3 Å². The van der Waals surface area contributed by atoms with Crippen LogP contribution in [0, 0.1) is 11.8 Å². The van der Waals surface area contributed by atoms with Crippen molar-refractivity contribution in [1.29, 1.82) is 0 Å². The van der Waals surface area contributed by atoms with E-state index >= 15 is 0 Å². The Morgan fingerprint density at radius 2 is 2.05 bits per heavy atom. The van der Waals surface area contributed by atoms with Crippen LogP contribution in [-0.2, 0) is 6.42 Å². The van der Waals surface area contributed by atoms with Crippen LogP contribution in [0.15, 0.2) is 11.4 Å². The van der Waals surface area contributed by atoms with E-state index in [0.29, 0.717) is 18.0 Å². The van der Waals surface area contributed by atoms with Crippen molar-refractivity contribution in [1.82, 2.24) is 10.2 Å². The normalized spacial score (nSPS) is 22.8. The van der Waals surface area contributed by atoms with Gasteiger partial charge >= 0.3 is 0 Å². The molecule has 3 heteroatoms. The van der Waals surface area contributed by atoms with Gasteiger partial charge in [0.15, 0.2) is 0 Å². The molecular weight excluding hydrogens is 264 g/mol. The number of hydrogen-bond donors (Lipinski definition) is 1. The minimum Gasteiger partial charge on any atom is -0.316 e. The van der Waals surface area contributed by atoms with E-state index < -0.39 is 0 Å². The first-order valence-electron chi connectivity index (χ1n) is 8.03. The summed E-state index contributed by atoms with van der Waals surface area (Å²) in [7, 11) is 0. The predicted molar refractivity (Wildman–Crippen MR) is 89.5 cm³/mol. The molecule has 0 fully saturated rings. The third-order valence-electron chi connectivity index (χ3n) is 4.69. The van der Waals surface area contributed by atoms with Crippen LogP contribution in [-0.4, -0.2) is 30.6 Å². The van der Waals surface area contributed by atoms with Gasteiger partial charge in [0.2, 0.25) is 0 Å². The minimum absolute atomic E-state index is 0.576. The molecule has 2 heterocycles. The molecule has 0 saturated carbocycles. The molecule has 1 N–H and O–H groups in total. The van der Waals surface area contributed by atoms with Crippen LogP contribution in [0.1, 0.15) is 51.1 Å². The number of hydrogen-bond acceptors (Lipinski definition) is 3. The van der Waals surface area contributed by atoms with Crippen molar-refractivity contribution < 1.29 is 0 Å². The maximum atomic E-state index is 3.61. The fraction of sp³-hybridized carbons (Fsp3) is 0.765. The van der Waals surface area contributed by atoms with Gasteiger partial charge in [-0.2, -0.15) is 0 Å². The van der Waals surface area contributed by atoms with Crippen molar-refractivity contribution in [2.24, 2.45) is 11.8 Å². The van der Waals surface area contributed by atoms with Crippen LogP contribution in [0.2, 0.25) is 0 Å². The van der Waals surface area contributed by atoms with E-state index in [1.165, 1.54) is 13.0 Å². The molecule has 2 nitrogen and oxygen atoms in total. The number of rotatable bonds is 6. The van der Waals surface area contributed by atoms with E-state index in [9.17, 15) is 0 Å². The molecular formula is C17H30N2S. The van der Waals surface area contributed by atoms with E-state index in [1.807, 2.05) is 11.3 Å². The van der Waals surface area contributed by atoms with Crippen molar-refractivity contribution >= 4 is 11.3 Å². The summed E-state index contributed by atoms with van der Waals surface area (Å²) in [5.74, 6) is 1.43. The van der Waals surface area contributed by atoms with Gasteiger partial charge < -0.3 is 5.32 Å². The SMILES string of the molecule is CC(C)CNCC(C)C(C)N1CCc2sccc2C1C. The van der Waals surface area contributed by atoms with Gasteiger partial charge in [-0.05, 0) is 62.2 Å². The van der Waals surface area contributed by atoms with Gasteiger partial charge in [0.25, 0.3) is 0 Å². The Bertz CT molecular complexity index is 413. The van der Waals surface area contributed by atoms with E-state index in [0.717, 1.165) is 19.0 Å². The molecule has 3 atom stereocenters. The molecule has 1 aromatic heterocycles. The molecule has 0 aliphatic carbocycles. The summed E-state index contributed by atoms with van der Waals surface area (Å²) in [6.07, 6.45) is 1.23. The maximum absolute atomic E-state index is 3.61. The second-order valence-corrected chi connectivity index (χ2v) is 7.73. The molecule has 1 aliphatic rings. The van der Waals surface area contributed by atoms with E-state index in [2.05, 4.69) is 56.3 Å². The lowest BCUT2D eigenvalue weighted by molar-refractivity contribution is 0.107. The lowest BCUT2D eigenvalue weighted by atomic mass is 9.94. The molecule has 0 bridgehead atoms. The first-order chi connectivity index (χ1) is 9.50. The zero-order valence-electron chi connectivity index (χ0n) is 13.6. The van der Waals surface area contributed by atoms with Crippen molar-refractivity contribution in [3.8, 4) is 0 Å². The highest BCUT2D eigenvalue weighted by molar-refractivity contribution is 7.10. The molecule has 1 aromatic rings. The lowest BCUT2D eigenvalue weighted by Crippen LogP contribution is -2.45. The third-order valence-corrected chi connectivity index (χ3v) is 5.69. The number of nitrogens with one attached hydrogen (secondary N) is 1. The summed E-state index contributed by atoms with van der Waals surface area (Å²) in [4.78, 5) is 4.29. The van der Waals surface area contributed by atoms with Crippen LogP contribution in [0.3, 0.4) is 0 Å². The smallest absolute Gasteiger partial charge is 0.0333 e. The Hall–Kier alpha value is -0.380. The fourth-order valence-corrected chi connectivity index (χ4v) is 4.15. The van der Waals surface area contributed by atoms with Gasteiger partial charge in [-0.1, -0.05) is 20.8 Å². The van der Waals surface area contributed by atoms with Crippen LogP contribution < -0.4 is 5.32 Å². The number of thiophene rings is 1. The zero-order chi connectivity index (χ0) is 14.7. The summed E-state index contributed by atoms with van der Waals surface area (Å²) in [5, 5.41) is 5.86. The topological polar surface area (TPSA) is 15.3 Å². The molecule has 114 valence electrons. The fourth-order valence-electron chi connectivity index (χ4n) is 3.18. The Kier molecular flexibility index (Phi) is 5.65. The number of fused-ring (bicyclic) bond motifs is 1. The first-order valence-corrected chi connectivity index (χ1v) is 8.91. The molecule has 2 rings (SSSR count). The van der Waals surface area contributed by atoms with Crippen molar-refractivity contribution in [3.05, 3.63) is 21.9 Å². The standard InChI is InChI=1S/C17H30N2S/c1-12(2)10-18-11-13(3)14(4)19-8-6-17-16(15(19)5)7-9-20-17/h7,9,12-15,18H,6,8,10-11H2,1-5H3. The molecule has 20 heavy (non-hydrogen) atoms. The van der Waals surface area contributed by atoms with Gasteiger partial charge in [0.1, 0.15) is 0 Å². The van der Waals surface area contributed by atoms with E-state index in [-0.39, 0.29) is 0 Å². The quantitative estimate of drug-likeness (QED) is 0.855. The molecule has 0 aromatic carbocycles. The summed E-state index contributed by atoms with van der Waals surface area (Å²) in [6, 6.07) is 3.54. The van der Waals surface area contributed by atoms with Gasteiger partial charge in [0.05, 0.1) is 0 Å². The van der Waals surface area contributed by atoms with Crippen LogP contribution in [0.25, 0.3) is 0 Å². The minimum atomic E-state index is 0.576. The van der Waals surface area contributed by atoms with Crippen molar-refractivity contribution in [2.75, 3.05) is 19.6 Å². The average Bonchev–Trinajstić information content (AvgIpc) is 2.87. The highest BCUT2D eigenvalue weighted by Gasteiger charge is 2.30. The molecule has 0 saturated heterocycles. The van der Waals surface area contributed by atoms with Crippen molar-refractivity contribution in [3.63, 3.8) is 0 Å². The summed E-state index contributed by atoms with van der Waals surface area (Å²) in [6.45, 7) is 15.2. The van der Waals surface area contributed by atoms with Gasteiger partial charge in [0, 0.05) is 23.5 Å².